The molecule has 3 N–H and O–H groups in total. The Morgan fingerprint density at radius 1 is 1.48 bits per heavy atom. The number of carbonyl (C=O) groups is 1. The van der Waals surface area contributed by atoms with Gasteiger partial charge < -0.3 is 11.1 Å². The fourth-order valence-corrected chi connectivity index (χ4v) is 2.71. The molecule has 0 aliphatic carbocycles. The van der Waals surface area contributed by atoms with Gasteiger partial charge in [-0.15, -0.1) is 0 Å². The summed E-state index contributed by atoms with van der Waals surface area (Å²) in [5.74, 6) is -0.0741. The predicted octanol–water partition coefficient (Wildman–Crippen LogP) is 2.71. The van der Waals surface area contributed by atoms with E-state index >= 15 is 0 Å². The zero-order valence-electron chi connectivity index (χ0n) is 12.9. The smallest absolute Gasteiger partial charge is 0.238 e. The van der Waals surface area contributed by atoms with Crippen molar-refractivity contribution < 1.29 is 9.18 Å². The highest BCUT2D eigenvalue weighted by Gasteiger charge is 2.32. The summed E-state index contributed by atoms with van der Waals surface area (Å²) < 4.78 is 13.6. The molecule has 0 radical (unpaired) electrons. The van der Waals surface area contributed by atoms with Gasteiger partial charge in [0.2, 0.25) is 5.91 Å². The SMILES string of the molecule is CC(C)(C)C1CCN(CC(=O)Nc2cc(N)ccc2F)C1. The van der Waals surface area contributed by atoms with Crippen LogP contribution in [-0.4, -0.2) is 30.4 Å². The number of nitrogen functional groups attached to an aromatic ring is 1. The molecule has 5 heteroatoms. The third-order valence-electron chi connectivity index (χ3n) is 4.13. The first-order valence-electron chi connectivity index (χ1n) is 7.33. The summed E-state index contributed by atoms with van der Waals surface area (Å²) in [6.45, 7) is 8.79. The van der Waals surface area contributed by atoms with Crippen LogP contribution in [0.15, 0.2) is 18.2 Å². The number of carbonyl (C=O) groups excluding carboxylic acids is 1. The van der Waals surface area contributed by atoms with Gasteiger partial charge in [-0.05, 0) is 42.5 Å². The fourth-order valence-electron chi connectivity index (χ4n) is 2.71. The lowest BCUT2D eigenvalue weighted by Crippen LogP contribution is -2.33. The van der Waals surface area contributed by atoms with Crippen LogP contribution >= 0.6 is 0 Å². The molecule has 1 aromatic carbocycles. The van der Waals surface area contributed by atoms with Gasteiger partial charge in [-0.1, -0.05) is 20.8 Å². The van der Waals surface area contributed by atoms with Crippen LogP contribution in [0.25, 0.3) is 0 Å². The molecule has 21 heavy (non-hydrogen) atoms. The zero-order valence-corrected chi connectivity index (χ0v) is 12.9. The molecule has 2 rings (SSSR count). The van der Waals surface area contributed by atoms with Crippen molar-refractivity contribution in [1.29, 1.82) is 0 Å². The van der Waals surface area contributed by atoms with Crippen LogP contribution in [0, 0.1) is 17.2 Å². The standard InChI is InChI=1S/C16H24FN3O/c1-16(2,3)11-6-7-20(9-11)10-15(21)19-14-8-12(18)4-5-13(14)17/h4-5,8,11H,6-7,9-10,18H2,1-3H3,(H,19,21). The van der Waals surface area contributed by atoms with Crippen LogP contribution in [0.5, 0.6) is 0 Å². The Morgan fingerprint density at radius 2 is 2.19 bits per heavy atom. The van der Waals surface area contributed by atoms with E-state index in [0.717, 1.165) is 19.5 Å². The van der Waals surface area contributed by atoms with Gasteiger partial charge >= 0.3 is 0 Å². The molecule has 1 aromatic rings. The Balaban J connectivity index is 1.90. The minimum absolute atomic E-state index is 0.145. The van der Waals surface area contributed by atoms with Crippen molar-refractivity contribution in [2.24, 2.45) is 11.3 Å². The summed E-state index contributed by atoms with van der Waals surface area (Å²) in [5.41, 5.74) is 6.44. The van der Waals surface area contributed by atoms with Crippen molar-refractivity contribution in [1.82, 2.24) is 4.90 Å². The maximum atomic E-state index is 13.6. The lowest BCUT2D eigenvalue weighted by atomic mass is 9.80. The van der Waals surface area contributed by atoms with E-state index < -0.39 is 5.82 Å². The number of benzene rings is 1. The molecular formula is C16H24FN3O. The molecule has 0 saturated carbocycles. The fraction of sp³-hybridized carbons (Fsp3) is 0.562. The minimum Gasteiger partial charge on any atom is -0.399 e. The molecule has 4 nitrogen and oxygen atoms in total. The number of halogens is 1. The molecule has 1 saturated heterocycles. The monoisotopic (exact) mass is 293 g/mol. The number of nitrogens with two attached hydrogens (primary N) is 1. The molecule has 0 bridgehead atoms. The van der Waals surface area contributed by atoms with E-state index in [1.54, 1.807) is 0 Å². The van der Waals surface area contributed by atoms with Crippen molar-refractivity contribution in [2.75, 3.05) is 30.7 Å². The number of amides is 1. The van der Waals surface area contributed by atoms with E-state index in [1.165, 1.54) is 18.2 Å². The van der Waals surface area contributed by atoms with Crippen LogP contribution in [0.4, 0.5) is 15.8 Å². The first-order chi connectivity index (χ1) is 9.75. The van der Waals surface area contributed by atoms with Gasteiger partial charge in [0.05, 0.1) is 12.2 Å². The Hall–Kier alpha value is -1.62. The summed E-state index contributed by atoms with van der Waals surface area (Å²) in [6.07, 6.45) is 1.10. The molecule has 1 aliphatic heterocycles. The van der Waals surface area contributed by atoms with Crippen LogP contribution in [0.1, 0.15) is 27.2 Å². The van der Waals surface area contributed by atoms with Crippen LogP contribution in [0.3, 0.4) is 0 Å². The molecule has 1 heterocycles. The molecule has 0 aromatic heterocycles. The Labute approximate surface area is 125 Å². The summed E-state index contributed by atoms with van der Waals surface area (Å²) in [6, 6.07) is 4.17. The number of nitrogens with one attached hydrogen (secondary N) is 1. The molecule has 0 spiro atoms. The summed E-state index contributed by atoms with van der Waals surface area (Å²) in [7, 11) is 0. The predicted molar refractivity (Wildman–Crippen MR) is 83.4 cm³/mol. The van der Waals surface area contributed by atoms with Gasteiger partial charge in [-0.25, -0.2) is 4.39 Å². The summed E-state index contributed by atoms with van der Waals surface area (Å²) in [4.78, 5) is 14.1. The molecule has 1 aliphatic rings. The zero-order chi connectivity index (χ0) is 15.6. The third-order valence-corrected chi connectivity index (χ3v) is 4.13. The van der Waals surface area contributed by atoms with Crippen molar-refractivity contribution in [3.05, 3.63) is 24.0 Å². The van der Waals surface area contributed by atoms with Gasteiger partial charge in [0.25, 0.3) is 0 Å². The number of rotatable bonds is 3. The largest absolute Gasteiger partial charge is 0.399 e. The van der Waals surface area contributed by atoms with Crippen molar-refractivity contribution >= 4 is 17.3 Å². The number of nitrogens with zero attached hydrogens (tertiary/aromatic N) is 1. The van der Waals surface area contributed by atoms with E-state index in [0.29, 0.717) is 18.2 Å². The molecule has 1 amide bonds. The van der Waals surface area contributed by atoms with Crippen LogP contribution < -0.4 is 11.1 Å². The first-order valence-corrected chi connectivity index (χ1v) is 7.33. The Morgan fingerprint density at radius 3 is 2.81 bits per heavy atom. The van der Waals surface area contributed by atoms with Gasteiger partial charge in [0.15, 0.2) is 0 Å². The average Bonchev–Trinajstić information content (AvgIpc) is 2.82. The van der Waals surface area contributed by atoms with Crippen molar-refractivity contribution in [3.63, 3.8) is 0 Å². The summed E-state index contributed by atoms with van der Waals surface area (Å²) >= 11 is 0. The second-order valence-corrected chi connectivity index (χ2v) is 6.87. The highest BCUT2D eigenvalue weighted by atomic mass is 19.1. The molecule has 116 valence electrons. The molecular weight excluding hydrogens is 269 g/mol. The summed E-state index contributed by atoms with van der Waals surface area (Å²) in [5, 5.41) is 2.60. The third kappa shape index (κ3) is 4.17. The molecule has 1 atom stereocenters. The highest BCUT2D eigenvalue weighted by Crippen LogP contribution is 2.33. The maximum absolute atomic E-state index is 13.6. The van der Waals surface area contributed by atoms with Crippen molar-refractivity contribution in [3.8, 4) is 0 Å². The van der Waals surface area contributed by atoms with Crippen molar-refractivity contribution in [2.45, 2.75) is 27.2 Å². The Bertz CT molecular complexity index is 525. The van der Waals surface area contributed by atoms with Crippen LogP contribution in [-0.2, 0) is 4.79 Å². The van der Waals surface area contributed by atoms with Gasteiger partial charge in [-0.2, -0.15) is 0 Å². The van der Waals surface area contributed by atoms with Gasteiger partial charge in [0.1, 0.15) is 5.82 Å². The van der Waals surface area contributed by atoms with Gasteiger partial charge in [0, 0.05) is 12.2 Å². The number of likely N-dealkylation sites (tertiary alicyclic amines) is 1. The molecule has 1 fully saturated rings. The van der Waals surface area contributed by atoms with E-state index in [9.17, 15) is 9.18 Å². The first kappa shape index (κ1) is 15.8. The average molecular weight is 293 g/mol. The molecule has 1 unspecified atom stereocenters. The van der Waals surface area contributed by atoms with E-state index in [4.69, 9.17) is 5.73 Å². The van der Waals surface area contributed by atoms with Crippen LogP contribution in [0.2, 0.25) is 0 Å². The van der Waals surface area contributed by atoms with E-state index in [1.807, 2.05) is 0 Å². The van der Waals surface area contributed by atoms with E-state index in [2.05, 4.69) is 31.0 Å². The minimum atomic E-state index is -0.466. The lowest BCUT2D eigenvalue weighted by Gasteiger charge is -2.27. The van der Waals surface area contributed by atoms with E-state index in [-0.39, 0.29) is 17.0 Å². The maximum Gasteiger partial charge on any atom is 0.238 e. The topological polar surface area (TPSA) is 58.4 Å². The van der Waals surface area contributed by atoms with Gasteiger partial charge in [-0.3, -0.25) is 9.69 Å². The second kappa shape index (κ2) is 6.02. The number of hydrogen-bond donors (Lipinski definition) is 2. The second-order valence-electron chi connectivity index (χ2n) is 6.87. The quantitative estimate of drug-likeness (QED) is 0.842. The highest BCUT2D eigenvalue weighted by molar-refractivity contribution is 5.92. The number of anilines is 2. The Kier molecular flexibility index (Phi) is 4.52. The number of hydrogen-bond acceptors (Lipinski definition) is 3. The normalized spacial score (nSPS) is 19.7. The lowest BCUT2D eigenvalue weighted by molar-refractivity contribution is -0.117.